The molecule has 1 saturated carbocycles. The Morgan fingerprint density at radius 3 is 2.23 bits per heavy atom. The SMILES string of the molecule is CC[C@H]1CC[C@H](CCc2ccc(C(=O)Oc3cc(F)c(C#N)c(F)c3)c(F)c2)CC1. The predicted molar refractivity (Wildman–Crippen MR) is 106 cm³/mol. The van der Waals surface area contributed by atoms with E-state index in [1.807, 2.05) is 0 Å². The van der Waals surface area contributed by atoms with Crippen LogP contribution in [0, 0.1) is 40.6 Å². The van der Waals surface area contributed by atoms with E-state index in [9.17, 15) is 18.0 Å². The van der Waals surface area contributed by atoms with Crippen molar-refractivity contribution >= 4 is 5.97 Å². The fraction of sp³-hybridized carbons (Fsp3) is 0.417. The van der Waals surface area contributed by atoms with E-state index < -0.39 is 34.7 Å². The zero-order valence-electron chi connectivity index (χ0n) is 16.9. The number of halogens is 3. The summed E-state index contributed by atoms with van der Waals surface area (Å²) in [7, 11) is 0. The summed E-state index contributed by atoms with van der Waals surface area (Å²) < 4.78 is 46.6. The zero-order chi connectivity index (χ0) is 21.7. The summed E-state index contributed by atoms with van der Waals surface area (Å²) in [5, 5.41) is 8.67. The van der Waals surface area contributed by atoms with Crippen molar-refractivity contribution in [2.45, 2.75) is 51.9 Å². The summed E-state index contributed by atoms with van der Waals surface area (Å²) in [5.41, 5.74) is -0.280. The van der Waals surface area contributed by atoms with Gasteiger partial charge in [-0.1, -0.05) is 45.1 Å². The Morgan fingerprint density at radius 2 is 1.67 bits per heavy atom. The number of hydrogen-bond acceptors (Lipinski definition) is 3. The maximum absolute atomic E-state index is 14.5. The number of aryl methyl sites for hydroxylation is 1. The number of benzene rings is 2. The van der Waals surface area contributed by atoms with E-state index in [-0.39, 0.29) is 5.56 Å². The molecule has 0 aromatic heterocycles. The molecule has 1 aliphatic rings. The number of esters is 1. The van der Waals surface area contributed by atoms with Gasteiger partial charge in [0.15, 0.2) is 0 Å². The summed E-state index contributed by atoms with van der Waals surface area (Å²) in [6.07, 6.45) is 7.90. The predicted octanol–water partition coefficient (Wildman–Crippen LogP) is 6.34. The smallest absolute Gasteiger partial charge is 0.346 e. The van der Waals surface area contributed by atoms with Gasteiger partial charge in [-0.25, -0.2) is 18.0 Å². The molecule has 1 fully saturated rings. The minimum absolute atomic E-state index is 0.313. The first kappa shape index (κ1) is 21.9. The van der Waals surface area contributed by atoms with Crippen LogP contribution in [-0.2, 0) is 6.42 Å². The molecule has 0 amide bonds. The molecule has 0 atom stereocenters. The Morgan fingerprint density at radius 1 is 1.03 bits per heavy atom. The van der Waals surface area contributed by atoms with Crippen molar-refractivity contribution in [2.24, 2.45) is 11.8 Å². The lowest BCUT2D eigenvalue weighted by Crippen LogP contribution is -2.15. The van der Waals surface area contributed by atoms with E-state index in [0.29, 0.717) is 5.92 Å². The molecule has 0 N–H and O–H groups in total. The van der Waals surface area contributed by atoms with Gasteiger partial charge in [-0.3, -0.25) is 0 Å². The topological polar surface area (TPSA) is 50.1 Å². The molecule has 0 saturated heterocycles. The molecular weight excluding hydrogens is 391 g/mol. The average molecular weight is 415 g/mol. The van der Waals surface area contributed by atoms with Crippen LogP contribution in [0.1, 0.15) is 66.9 Å². The lowest BCUT2D eigenvalue weighted by molar-refractivity contribution is 0.0729. The quantitative estimate of drug-likeness (QED) is 0.408. The van der Waals surface area contributed by atoms with Crippen LogP contribution in [0.3, 0.4) is 0 Å². The molecule has 0 radical (unpaired) electrons. The Bertz CT molecular complexity index is 936. The summed E-state index contributed by atoms with van der Waals surface area (Å²) in [6, 6.07) is 7.15. The largest absolute Gasteiger partial charge is 0.423 e. The molecule has 0 unspecified atom stereocenters. The first-order valence-corrected chi connectivity index (χ1v) is 10.3. The summed E-state index contributed by atoms with van der Waals surface area (Å²) >= 11 is 0. The van der Waals surface area contributed by atoms with Gasteiger partial charge >= 0.3 is 5.97 Å². The van der Waals surface area contributed by atoms with Gasteiger partial charge < -0.3 is 4.74 Å². The Kier molecular flexibility index (Phi) is 7.15. The first-order chi connectivity index (χ1) is 14.4. The molecule has 158 valence electrons. The number of hydrogen-bond donors (Lipinski definition) is 0. The van der Waals surface area contributed by atoms with E-state index in [0.717, 1.165) is 36.5 Å². The normalized spacial score (nSPS) is 18.6. The van der Waals surface area contributed by atoms with Crippen molar-refractivity contribution in [1.29, 1.82) is 5.26 Å². The van der Waals surface area contributed by atoms with Crippen molar-refractivity contribution in [3.63, 3.8) is 0 Å². The molecule has 2 aromatic carbocycles. The summed E-state index contributed by atoms with van der Waals surface area (Å²) in [5.74, 6) is -3.03. The van der Waals surface area contributed by atoms with Crippen LogP contribution in [0.4, 0.5) is 13.2 Å². The highest BCUT2D eigenvalue weighted by Crippen LogP contribution is 2.33. The van der Waals surface area contributed by atoms with Crippen molar-refractivity contribution in [1.82, 2.24) is 0 Å². The second-order valence-electron chi connectivity index (χ2n) is 7.91. The second kappa shape index (κ2) is 9.80. The van der Waals surface area contributed by atoms with E-state index in [4.69, 9.17) is 10.00 Å². The minimum atomic E-state index is -1.15. The number of nitrogens with zero attached hydrogens (tertiary/aromatic N) is 1. The van der Waals surface area contributed by atoms with Crippen LogP contribution >= 0.6 is 0 Å². The van der Waals surface area contributed by atoms with Crippen LogP contribution in [0.25, 0.3) is 0 Å². The number of carbonyl (C=O) groups is 1. The maximum Gasteiger partial charge on any atom is 0.346 e. The van der Waals surface area contributed by atoms with Gasteiger partial charge in [-0.05, 0) is 42.4 Å². The highest BCUT2D eigenvalue weighted by atomic mass is 19.1. The molecule has 3 nitrogen and oxygen atoms in total. The summed E-state index contributed by atoms with van der Waals surface area (Å²) in [6.45, 7) is 2.23. The zero-order valence-corrected chi connectivity index (χ0v) is 16.9. The Hall–Kier alpha value is -2.81. The lowest BCUT2D eigenvalue weighted by Gasteiger charge is -2.27. The molecule has 0 spiro atoms. The minimum Gasteiger partial charge on any atom is -0.423 e. The fourth-order valence-corrected chi connectivity index (χ4v) is 4.06. The number of rotatable bonds is 6. The van der Waals surface area contributed by atoms with E-state index >= 15 is 0 Å². The molecular formula is C24H24F3NO2. The van der Waals surface area contributed by atoms with E-state index in [1.165, 1.54) is 50.3 Å². The highest BCUT2D eigenvalue weighted by Gasteiger charge is 2.21. The third-order valence-corrected chi connectivity index (χ3v) is 5.98. The number of ether oxygens (including phenoxy) is 1. The van der Waals surface area contributed by atoms with Crippen LogP contribution in [0.5, 0.6) is 5.75 Å². The molecule has 0 bridgehead atoms. The third kappa shape index (κ3) is 5.21. The molecule has 1 aliphatic carbocycles. The van der Waals surface area contributed by atoms with Crippen molar-refractivity contribution in [3.8, 4) is 11.8 Å². The van der Waals surface area contributed by atoms with Gasteiger partial charge in [0.1, 0.15) is 34.8 Å². The van der Waals surface area contributed by atoms with Crippen LogP contribution in [-0.4, -0.2) is 5.97 Å². The second-order valence-corrected chi connectivity index (χ2v) is 7.91. The molecule has 3 rings (SSSR count). The summed E-state index contributed by atoms with van der Waals surface area (Å²) in [4.78, 5) is 12.2. The monoisotopic (exact) mass is 415 g/mol. The van der Waals surface area contributed by atoms with Crippen molar-refractivity contribution in [2.75, 3.05) is 0 Å². The third-order valence-electron chi connectivity index (χ3n) is 5.98. The van der Waals surface area contributed by atoms with Crippen molar-refractivity contribution < 1.29 is 22.7 Å². The number of carbonyl (C=O) groups excluding carboxylic acids is 1. The Balaban J connectivity index is 1.61. The van der Waals surface area contributed by atoms with Gasteiger partial charge in [0.05, 0.1) is 5.56 Å². The van der Waals surface area contributed by atoms with E-state index in [2.05, 4.69) is 6.92 Å². The molecule has 30 heavy (non-hydrogen) atoms. The average Bonchev–Trinajstić information content (AvgIpc) is 2.72. The van der Waals surface area contributed by atoms with Crippen LogP contribution in [0.2, 0.25) is 0 Å². The maximum atomic E-state index is 14.5. The van der Waals surface area contributed by atoms with Gasteiger partial charge in [0, 0.05) is 12.1 Å². The molecule has 6 heteroatoms. The van der Waals surface area contributed by atoms with Gasteiger partial charge in [-0.15, -0.1) is 0 Å². The first-order valence-electron chi connectivity index (χ1n) is 10.3. The lowest BCUT2D eigenvalue weighted by atomic mass is 9.78. The van der Waals surface area contributed by atoms with Crippen molar-refractivity contribution in [3.05, 3.63) is 64.5 Å². The standard InChI is InChI=1S/C24H24F3NO2/c1-2-15-3-5-16(6-4-15)7-8-17-9-10-19(21(25)11-17)24(29)30-18-12-22(26)20(14-28)23(27)13-18/h9-13,15-16H,2-8H2,1H3/t15-,16-. The van der Waals surface area contributed by atoms with Crippen LogP contribution < -0.4 is 4.74 Å². The van der Waals surface area contributed by atoms with Gasteiger partial charge in [0.2, 0.25) is 0 Å². The molecule has 0 aliphatic heterocycles. The van der Waals surface area contributed by atoms with E-state index in [1.54, 1.807) is 6.07 Å². The van der Waals surface area contributed by atoms with Gasteiger partial charge in [-0.2, -0.15) is 5.26 Å². The highest BCUT2D eigenvalue weighted by molar-refractivity contribution is 5.91. The fourth-order valence-electron chi connectivity index (χ4n) is 4.06. The molecule has 0 heterocycles. The van der Waals surface area contributed by atoms with Gasteiger partial charge in [0.25, 0.3) is 0 Å². The number of nitriles is 1. The Labute approximate surface area is 174 Å². The molecule has 2 aromatic rings. The van der Waals surface area contributed by atoms with Crippen LogP contribution in [0.15, 0.2) is 30.3 Å².